The number of nitrogens with two attached hydrogens (primary N) is 1. The Balaban J connectivity index is 3.12. The fraction of sp³-hybridized carbons (Fsp3) is 0.571. The van der Waals surface area contributed by atoms with Gasteiger partial charge >= 0.3 is 0 Å². The molecule has 0 bridgehead atoms. The van der Waals surface area contributed by atoms with E-state index in [2.05, 4.69) is 4.72 Å². The predicted molar refractivity (Wildman–Crippen MR) is 79.6 cm³/mol. The summed E-state index contributed by atoms with van der Waals surface area (Å²) in [6, 6.07) is 3.62. The third-order valence-corrected chi connectivity index (χ3v) is 5.18. The van der Waals surface area contributed by atoms with Crippen LogP contribution in [0.1, 0.15) is 38.3 Å². The monoisotopic (exact) mass is 284 g/mol. The molecule has 0 spiro atoms. The maximum absolute atomic E-state index is 12.4. The van der Waals surface area contributed by atoms with Crippen molar-refractivity contribution in [1.29, 1.82) is 0 Å². The summed E-state index contributed by atoms with van der Waals surface area (Å²) in [5.41, 5.74) is 7.64. The fourth-order valence-corrected chi connectivity index (χ4v) is 3.32. The molecule has 0 aromatic heterocycles. The molecular formula is C14H24N2O2S. The Morgan fingerprint density at radius 3 is 2.26 bits per heavy atom. The van der Waals surface area contributed by atoms with Gasteiger partial charge in [0.1, 0.15) is 4.90 Å². The number of aryl methyl sites for hydroxylation is 2. The van der Waals surface area contributed by atoms with Gasteiger partial charge in [-0.15, -0.1) is 0 Å². The van der Waals surface area contributed by atoms with Crippen molar-refractivity contribution in [2.24, 2.45) is 5.41 Å². The minimum absolute atomic E-state index is 0.0699. The van der Waals surface area contributed by atoms with E-state index in [1.54, 1.807) is 13.0 Å². The zero-order valence-electron chi connectivity index (χ0n) is 12.4. The second kappa shape index (κ2) is 5.51. The SMILES string of the molecule is CCC(C)(C)CNS(=O)(=O)c1c(C)ccc(C)c1N. The van der Waals surface area contributed by atoms with Gasteiger partial charge in [0.15, 0.2) is 0 Å². The van der Waals surface area contributed by atoms with Crippen LogP contribution in [0.2, 0.25) is 0 Å². The van der Waals surface area contributed by atoms with E-state index in [-0.39, 0.29) is 10.3 Å². The normalized spacial score (nSPS) is 12.7. The quantitative estimate of drug-likeness (QED) is 0.816. The van der Waals surface area contributed by atoms with Crippen molar-refractivity contribution in [3.05, 3.63) is 23.3 Å². The molecule has 0 amide bonds. The van der Waals surface area contributed by atoms with Gasteiger partial charge in [0.05, 0.1) is 5.69 Å². The molecular weight excluding hydrogens is 260 g/mol. The van der Waals surface area contributed by atoms with E-state index in [1.807, 2.05) is 33.8 Å². The van der Waals surface area contributed by atoms with Crippen molar-refractivity contribution in [2.75, 3.05) is 12.3 Å². The molecule has 0 aliphatic carbocycles. The molecule has 0 saturated carbocycles. The molecule has 0 fully saturated rings. The van der Waals surface area contributed by atoms with Gasteiger partial charge in [-0.1, -0.05) is 32.9 Å². The summed E-state index contributed by atoms with van der Waals surface area (Å²) in [5, 5.41) is 0. The molecule has 0 aliphatic rings. The first-order valence-corrected chi connectivity index (χ1v) is 7.94. The first-order chi connectivity index (χ1) is 8.60. The van der Waals surface area contributed by atoms with Crippen LogP contribution in [0.15, 0.2) is 17.0 Å². The zero-order valence-corrected chi connectivity index (χ0v) is 13.2. The largest absolute Gasteiger partial charge is 0.397 e. The molecule has 4 nitrogen and oxygen atoms in total. The van der Waals surface area contributed by atoms with Gasteiger partial charge in [-0.05, 0) is 36.8 Å². The smallest absolute Gasteiger partial charge is 0.242 e. The number of rotatable bonds is 5. The number of anilines is 1. The molecule has 19 heavy (non-hydrogen) atoms. The van der Waals surface area contributed by atoms with Crippen LogP contribution in [0.4, 0.5) is 5.69 Å². The van der Waals surface area contributed by atoms with E-state index < -0.39 is 10.0 Å². The Labute approximate surface area is 116 Å². The predicted octanol–water partition coefficient (Wildman–Crippen LogP) is 2.60. The minimum atomic E-state index is -3.56. The highest BCUT2D eigenvalue weighted by molar-refractivity contribution is 7.89. The van der Waals surface area contributed by atoms with E-state index in [1.165, 1.54) is 0 Å². The molecule has 1 aromatic carbocycles. The fourth-order valence-electron chi connectivity index (χ4n) is 1.65. The summed E-state index contributed by atoms with van der Waals surface area (Å²) in [4.78, 5) is 0.208. The van der Waals surface area contributed by atoms with Crippen molar-refractivity contribution in [3.8, 4) is 0 Å². The lowest BCUT2D eigenvalue weighted by atomic mass is 9.91. The van der Waals surface area contributed by atoms with Gasteiger partial charge in [-0.2, -0.15) is 0 Å². The average Bonchev–Trinajstić information content (AvgIpc) is 2.32. The Morgan fingerprint density at radius 1 is 1.21 bits per heavy atom. The molecule has 108 valence electrons. The highest BCUT2D eigenvalue weighted by Gasteiger charge is 2.24. The van der Waals surface area contributed by atoms with Crippen LogP contribution in [0.5, 0.6) is 0 Å². The number of hydrogen-bond donors (Lipinski definition) is 2. The van der Waals surface area contributed by atoms with Crippen LogP contribution in [0.25, 0.3) is 0 Å². The van der Waals surface area contributed by atoms with Crippen LogP contribution in [0, 0.1) is 19.3 Å². The third kappa shape index (κ3) is 3.70. The van der Waals surface area contributed by atoms with Gasteiger partial charge < -0.3 is 5.73 Å². The summed E-state index contributed by atoms with van der Waals surface area (Å²) in [5.74, 6) is 0. The Bertz CT molecular complexity index is 563. The second-order valence-electron chi connectivity index (χ2n) is 5.78. The van der Waals surface area contributed by atoms with Crippen molar-refractivity contribution in [3.63, 3.8) is 0 Å². The summed E-state index contributed by atoms with van der Waals surface area (Å²) >= 11 is 0. The molecule has 5 heteroatoms. The first kappa shape index (κ1) is 16.0. The summed E-state index contributed by atoms with van der Waals surface area (Å²) in [6.07, 6.45) is 0.901. The number of hydrogen-bond acceptors (Lipinski definition) is 3. The summed E-state index contributed by atoms with van der Waals surface area (Å²) in [7, 11) is -3.56. The van der Waals surface area contributed by atoms with Crippen molar-refractivity contribution in [2.45, 2.75) is 45.9 Å². The van der Waals surface area contributed by atoms with E-state index >= 15 is 0 Å². The van der Waals surface area contributed by atoms with Crippen LogP contribution < -0.4 is 10.5 Å². The Hall–Kier alpha value is -1.07. The lowest BCUT2D eigenvalue weighted by Gasteiger charge is -2.23. The molecule has 0 unspecified atom stereocenters. The van der Waals surface area contributed by atoms with Crippen LogP contribution in [-0.4, -0.2) is 15.0 Å². The Kier molecular flexibility index (Phi) is 4.63. The lowest BCUT2D eigenvalue weighted by molar-refractivity contribution is 0.350. The van der Waals surface area contributed by atoms with E-state index in [0.717, 1.165) is 12.0 Å². The number of nitrogen functional groups attached to an aromatic ring is 1. The molecule has 0 atom stereocenters. The average molecular weight is 284 g/mol. The topological polar surface area (TPSA) is 72.2 Å². The maximum Gasteiger partial charge on any atom is 0.242 e. The molecule has 0 aliphatic heterocycles. The van der Waals surface area contributed by atoms with E-state index in [0.29, 0.717) is 17.8 Å². The zero-order chi connectivity index (χ0) is 14.8. The van der Waals surface area contributed by atoms with Crippen molar-refractivity contribution < 1.29 is 8.42 Å². The molecule has 0 radical (unpaired) electrons. The molecule has 1 aromatic rings. The summed E-state index contributed by atoms with van der Waals surface area (Å²) in [6.45, 7) is 10.1. The molecule has 3 N–H and O–H groups in total. The highest BCUT2D eigenvalue weighted by atomic mass is 32.2. The molecule has 0 heterocycles. The first-order valence-electron chi connectivity index (χ1n) is 6.46. The standard InChI is InChI=1S/C14H24N2O2S/c1-6-14(4,5)9-16-19(17,18)13-11(3)8-7-10(2)12(13)15/h7-8,16H,6,9,15H2,1-5H3. The van der Waals surface area contributed by atoms with Crippen molar-refractivity contribution >= 4 is 15.7 Å². The number of nitrogens with one attached hydrogen (secondary N) is 1. The van der Waals surface area contributed by atoms with E-state index in [4.69, 9.17) is 5.73 Å². The van der Waals surface area contributed by atoms with Crippen molar-refractivity contribution in [1.82, 2.24) is 4.72 Å². The second-order valence-corrected chi connectivity index (χ2v) is 7.49. The number of benzene rings is 1. The van der Waals surface area contributed by atoms with Crippen LogP contribution >= 0.6 is 0 Å². The van der Waals surface area contributed by atoms with Gasteiger partial charge in [0, 0.05) is 6.54 Å². The van der Waals surface area contributed by atoms with E-state index in [9.17, 15) is 8.42 Å². The van der Waals surface area contributed by atoms with Gasteiger partial charge in [-0.25, -0.2) is 13.1 Å². The van der Waals surface area contributed by atoms with Gasteiger partial charge in [0.2, 0.25) is 10.0 Å². The number of sulfonamides is 1. The van der Waals surface area contributed by atoms with Gasteiger partial charge in [-0.3, -0.25) is 0 Å². The Morgan fingerprint density at radius 2 is 1.74 bits per heavy atom. The van der Waals surface area contributed by atoms with Crippen LogP contribution in [0.3, 0.4) is 0 Å². The summed E-state index contributed by atoms with van der Waals surface area (Å²) < 4.78 is 27.5. The lowest BCUT2D eigenvalue weighted by Crippen LogP contribution is -2.34. The minimum Gasteiger partial charge on any atom is -0.397 e. The third-order valence-electron chi connectivity index (χ3n) is 3.58. The molecule has 0 saturated heterocycles. The van der Waals surface area contributed by atoms with Gasteiger partial charge in [0.25, 0.3) is 0 Å². The maximum atomic E-state index is 12.4. The molecule has 1 rings (SSSR count). The highest BCUT2D eigenvalue weighted by Crippen LogP contribution is 2.26. The van der Waals surface area contributed by atoms with Crippen LogP contribution in [-0.2, 0) is 10.0 Å².